The van der Waals surface area contributed by atoms with Crippen molar-refractivity contribution < 1.29 is 14.2 Å². The summed E-state index contributed by atoms with van der Waals surface area (Å²) in [6, 6.07) is 5.99. The van der Waals surface area contributed by atoms with Gasteiger partial charge < -0.3 is 18.8 Å². The molecule has 0 amide bonds. The smallest absolute Gasteiger partial charge is 0.186 e. The van der Waals surface area contributed by atoms with E-state index in [2.05, 4.69) is 11.5 Å². The van der Waals surface area contributed by atoms with Crippen LogP contribution in [0.5, 0.6) is 11.5 Å². The number of rotatable bonds is 8. The molecule has 6 heteroatoms. The molecule has 2 aromatic rings. The second kappa shape index (κ2) is 8.81. The minimum atomic E-state index is -0.0298. The van der Waals surface area contributed by atoms with E-state index in [-0.39, 0.29) is 17.4 Å². The lowest BCUT2D eigenvalue weighted by Crippen LogP contribution is -2.23. The summed E-state index contributed by atoms with van der Waals surface area (Å²) in [5.74, 6) is 1.62. The monoisotopic (exact) mass is 391 g/mol. The SMILES string of the molecule is CCC1Cc2cc(OCCCOC)c(OC)cc2-c2cc(=O)c(CCl)cn21. The Balaban J connectivity index is 2.04. The van der Waals surface area contributed by atoms with Gasteiger partial charge in [-0.15, -0.1) is 11.6 Å². The van der Waals surface area contributed by atoms with Crippen molar-refractivity contribution in [3.05, 3.63) is 45.7 Å². The minimum absolute atomic E-state index is 0.0298. The number of benzene rings is 1. The van der Waals surface area contributed by atoms with Gasteiger partial charge in [0.15, 0.2) is 16.9 Å². The Morgan fingerprint density at radius 3 is 2.67 bits per heavy atom. The Kier molecular flexibility index (Phi) is 6.45. The highest BCUT2D eigenvalue weighted by molar-refractivity contribution is 6.17. The van der Waals surface area contributed by atoms with Crippen molar-refractivity contribution in [2.24, 2.45) is 0 Å². The number of hydrogen-bond acceptors (Lipinski definition) is 4. The van der Waals surface area contributed by atoms with Crippen LogP contribution in [0.3, 0.4) is 0 Å². The molecule has 1 aromatic heterocycles. The van der Waals surface area contributed by atoms with Crippen molar-refractivity contribution in [2.45, 2.75) is 38.1 Å². The summed E-state index contributed by atoms with van der Waals surface area (Å²) >= 11 is 5.95. The van der Waals surface area contributed by atoms with E-state index in [0.29, 0.717) is 24.5 Å². The molecule has 1 unspecified atom stereocenters. The van der Waals surface area contributed by atoms with Gasteiger partial charge in [-0.2, -0.15) is 0 Å². The lowest BCUT2D eigenvalue weighted by molar-refractivity contribution is 0.170. The van der Waals surface area contributed by atoms with E-state index in [9.17, 15) is 4.79 Å². The van der Waals surface area contributed by atoms with Gasteiger partial charge in [-0.1, -0.05) is 6.92 Å². The van der Waals surface area contributed by atoms with Gasteiger partial charge in [0.2, 0.25) is 0 Å². The number of aromatic nitrogens is 1. The minimum Gasteiger partial charge on any atom is -0.493 e. The number of hydrogen-bond donors (Lipinski definition) is 0. The Morgan fingerprint density at radius 1 is 1.19 bits per heavy atom. The summed E-state index contributed by atoms with van der Waals surface area (Å²) < 4.78 is 18.7. The van der Waals surface area contributed by atoms with Crippen molar-refractivity contribution in [1.82, 2.24) is 4.57 Å². The molecule has 3 rings (SSSR count). The fourth-order valence-corrected chi connectivity index (χ4v) is 3.77. The zero-order valence-electron chi connectivity index (χ0n) is 16.1. The van der Waals surface area contributed by atoms with Crippen molar-refractivity contribution >= 4 is 11.6 Å². The van der Waals surface area contributed by atoms with Crippen LogP contribution in [0.4, 0.5) is 0 Å². The zero-order chi connectivity index (χ0) is 19.4. The number of halogens is 1. The van der Waals surface area contributed by atoms with Crippen LogP contribution < -0.4 is 14.9 Å². The van der Waals surface area contributed by atoms with Crippen molar-refractivity contribution in [1.29, 1.82) is 0 Å². The van der Waals surface area contributed by atoms with Crippen LogP contribution in [-0.2, 0) is 17.0 Å². The molecule has 27 heavy (non-hydrogen) atoms. The van der Waals surface area contributed by atoms with Crippen molar-refractivity contribution in [3.63, 3.8) is 0 Å². The lowest BCUT2D eigenvalue weighted by atomic mass is 9.90. The third-order valence-electron chi connectivity index (χ3n) is 5.04. The standard InChI is InChI=1S/C21H26ClNO4/c1-4-16-8-14-9-21(27-7-5-6-25-2)20(26-3)10-17(14)18-11-19(24)15(12-22)13-23(16)18/h9-11,13,16H,4-8,12H2,1-3H3. The van der Waals surface area contributed by atoms with E-state index in [1.54, 1.807) is 20.3 Å². The molecule has 1 atom stereocenters. The first-order valence-electron chi connectivity index (χ1n) is 9.26. The summed E-state index contributed by atoms with van der Waals surface area (Å²) in [5, 5.41) is 0. The number of nitrogens with zero attached hydrogens (tertiary/aromatic N) is 1. The van der Waals surface area contributed by atoms with Gasteiger partial charge in [0.05, 0.1) is 25.3 Å². The predicted octanol–water partition coefficient (Wildman–Crippen LogP) is 4.19. The van der Waals surface area contributed by atoms with E-state index < -0.39 is 0 Å². The summed E-state index contributed by atoms with van der Waals surface area (Å²) in [7, 11) is 3.31. The van der Waals surface area contributed by atoms with Gasteiger partial charge in [0.1, 0.15) is 0 Å². The van der Waals surface area contributed by atoms with Crippen LogP contribution in [0.1, 0.15) is 36.9 Å². The average Bonchev–Trinajstić information content (AvgIpc) is 2.69. The molecular formula is C21H26ClNO4. The molecule has 0 radical (unpaired) electrons. The van der Waals surface area contributed by atoms with Crippen molar-refractivity contribution in [2.75, 3.05) is 27.4 Å². The van der Waals surface area contributed by atoms with E-state index in [0.717, 1.165) is 36.3 Å². The topological polar surface area (TPSA) is 49.7 Å². The molecule has 0 fully saturated rings. The Morgan fingerprint density at radius 2 is 2.00 bits per heavy atom. The molecule has 2 heterocycles. The molecule has 1 aromatic carbocycles. The Bertz CT molecular complexity index is 862. The molecule has 1 aliphatic rings. The molecule has 1 aliphatic heterocycles. The molecule has 0 saturated carbocycles. The van der Waals surface area contributed by atoms with Crippen LogP contribution in [-0.4, -0.2) is 32.0 Å². The summed E-state index contributed by atoms with van der Waals surface area (Å²) in [5.41, 5.74) is 3.69. The summed E-state index contributed by atoms with van der Waals surface area (Å²) in [6.07, 6.45) is 4.56. The number of fused-ring (bicyclic) bond motifs is 3. The van der Waals surface area contributed by atoms with Gasteiger partial charge in [-0.05, 0) is 30.5 Å². The maximum atomic E-state index is 12.4. The average molecular weight is 392 g/mol. The number of alkyl halides is 1. The normalized spacial score (nSPS) is 15.2. The molecule has 146 valence electrons. The van der Waals surface area contributed by atoms with Crippen LogP contribution in [0.2, 0.25) is 0 Å². The van der Waals surface area contributed by atoms with E-state index in [1.807, 2.05) is 18.3 Å². The molecule has 0 saturated heterocycles. The lowest BCUT2D eigenvalue weighted by Gasteiger charge is -2.31. The van der Waals surface area contributed by atoms with Crippen molar-refractivity contribution in [3.8, 4) is 22.8 Å². The van der Waals surface area contributed by atoms with Gasteiger partial charge in [0.25, 0.3) is 0 Å². The number of ether oxygens (including phenoxy) is 3. The first-order chi connectivity index (χ1) is 13.1. The van der Waals surface area contributed by atoms with Gasteiger partial charge in [-0.25, -0.2) is 0 Å². The van der Waals surface area contributed by atoms with E-state index in [1.165, 1.54) is 5.56 Å². The molecule has 0 spiro atoms. The van der Waals surface area contributed by atoms with Gasteiger partial charge >= 0.3 is 0 Å². The highest BCUT2D eigenvalue weighted by Crippen LogP contribution is 2.41. The van der Waals surface area contributed by atoms with Crippen LogP contribution in [0.25, 0.3) is 11.3 Å². The Hall–Kier alpha value is -1.98. The molecule has 0 bridgehead atoms. The Labute approximate surface area is 164 Å². The third kappa shape index (κ3) is 3.99. The zero-order valence-corrected chi connectivity index (χ0v) is 16.8. The molecular weight excluding hydrogens is 366 g/mol. The van der Waals surface area contributed by atoms with E-state index in [4.69, 9.17) is 25.8 Å². The van der Waals surface area contributed by atoms with E-state index >= 15 is 0 Å². The van der Waals surface area contributed by atoms with Crippen LogP contribution in [0.15, 0.2) is 29.2 Å². The van der Waals surface area contributed by atoms with Crippen LogP contribution in [0, 0.1) is 0 Å². The predicted molar refractivity (Wildman–Crippen MR) is 107 cm³/mol. The fraction of sp³-hybridized carbons (Fsp3) is 0.476. The maximum Gasteiger partial charge on any atom is 0.186 e. The molecule has 0 aliphatic carbocycles. The van der Waals surface area contributed by atoms with Gasteiger partial charge in [-0.3, -0.25) is 4.79 Å². The fourth-order valence-electron chi connectivity index (χ4n) is 3.57. The first-order valence-corrected chi connectivity index (χ1v) is 9.80. The summed E-state index contributed by atoms with van der Waals surface area (Å²) in [4.78, 5) is 12.4. The highest BCUT2D eigenvalue weighted by Gasteiger charge is 2.25. The molecule has 0 N–H and O–H groups in total. The number of pyridine rings is 1. The second-order valence-corrected chi connectivity index (χ2v) is 6.98. The third-order valence-corrected chi connectivity index (χ3v) is 5.33. The number of methoxy groups -OCH3 is 2. The van der Waals surface area contributed by atoms with Crippen LogP contribution >= 0.6 is 11.6 Å². The quantitative estimate of drug-likeness (QED) is 0.500. The second-order valence-electron chi connectivity index (χ2n) is 6.71. The highest BCUT2D eigenvalue weighted by atomic mass is 35.5. The first kappa shape index (κ1) is 19.8. The maximum absolute atomic E-state index is 12.4. The largest absolute Gasteiger partial charge is 0.493 e. The van der Waals surface area contributed by atoms with Gasteiger partial charge in [0, 0.05) is 49.6 Å². The molecule has 5 nitrogen and oxygen atoms in total. The summed E-state index contributed by atoms with van der Waals surface area (Å²) in [6.45, 7) is 3.38.